The molecule has 17 heavy (non-hydrogen) atoms. The largest absolute Gasteiger partial charge is 0.350 e. The van der Waals surface area contributed by atoms with E-state index in [2.05, 4.69) is 29.6 Å². The molecule has 1 fully saturated rings. The zero-order valence-corrected chi connectivity index (χ0v) is 10.3. The molecule has 1 aliphatic rings. The lowest BCUT2D eigenvalue weighted by molar-refractivity contribution is -0.0506. The summed E-state index contributed by atoms with van der Waals surface area (Å²) < 4.78 is 12.2. The van der Waals surface area contributed by atoms with Gasteiger partial charge in [0.25, 0.3) is 0 Å². The molecule has 1 saturated heterocycles. The maximum Gasteiger partial charge on any atom is 0.159 e. The van der Waals surface area contributed by atoms with Crippen molar-refractivity contribution < 1.29 is 9.47 Å². The number of benzene rings is 1. The highest BCUT2D eigenvalue weighted by Crippen LogP contribution is 2.30. The fraction of sp³-hybridized carbons (Fsp3) is 0.385. The minimum absolute atomic E-state index is 0.0274. The molecule has 1 aliphatic heterocycles. The van der Waals surface area contributed by atoms with E-state index in [1.54, 1.807) is 11.3 Å². The van der Waals surface area contributed by atoms with Gasteiger partial charge in [-0.15, -0.1) is 11.3 Å². The van der Waals surface area contributed by atoms with Crippen molar-refractivity contribution in [2.24, 2.45) is 5.73 Å². The fourth-order valence-electron chi connectivity index (χ4n) is 2.19. The Labute approximate surface area is 104 Å². The Bertz CT molecular complexity index is 505. The highest BCUT2D eigenvalue weighted by atomic mass is 32.1. The summed E-state index contributed by atoms with van der Waals surface area (Å²) in [6.07, 6.45) is 0.581. The molecule has 0 bridgehead atoms. The average Bonchev–Trinajstić information content (AvgIpc) is 2.97. The van der Waals surface area contributed by atoms with E-state index in [0.717, 1.165) is 6.42 Å². The maximum atomic E-state index is 6.25. The van der Waals surface area contributed by atoms with Crippen molar-refractivity contribution in [2.45, 2.75) is 18.8 Å². The van der Waals surface area contributed by atoms with Crippen molar-refractivity contribution in [1.82, 2.24) is 0 Å². The Kier molecular flexibility index (Phi) is 3.11. The number of nitrogens with two attached hydrogens (primary N) is 1. The highest BCUT2D eigenvalue weighted by Gasteiger charge is 2.21. The van der Waals surface area contributed by atoms with E-state index in [9.17, 15) is 0 Å². The molecule has 0 amide bonds. The molecule has 2 N–H and O–H groups in total. The van der Waals surface area contributed by atoms with Gasteiger partial charge < -0.3 is 15.2 Å². The second kappa shape index (κ2) is 4.74. The lowest BCUT2D eigenvalue weighted by Crippen LogP contribution is -2.19. The maximum absolute atomic E-state index is 6.25. The first-order chi connectivity index (χ1) is 8.34. The first-order valence-electron chi connectivity index (χ1n) is 5.79. The van der Waals surface area contributed by atoms with Gasteiger partial charge in [-0.2, -0.15) is 0 Å². The van der Waals surface area contributed by atoms with Crippen LogP contribution >= 0.6 is 11.3 Å². The summed E-state index contributed by atoms with van der Waals surface area (Å²) in [4.78, 5) is 0. The second-order valence-electron chi connectivity index (χ2n) is 4.20. The van der Waals surface area contributed by atoms with Crippen LogP contribution in [0.2, 0.25) is 0 Å². The molecule has 1 unspecified atom stereocenters. The number of hydrogen-bond donors (Lipinski definition) is 1. The van der Waals surface area contributed by atoms with E-state index in [0.29, 0.717) is 13.2 Å². The van der Waals surface area contributed by atoms with Crippen molar-refractivity contribution in [2.75, 3.05) is 13.2 Å². The molecule has 0 aliphatic carbocycles. The molecule has 2 heterocycles. The Morgan fingerprint density at radius 2 is 2.12 bits per heavy atom. The monoisotopic (exact) mass is 249 g/mol. The average molecular weight is 249 g/mol. The zero-order valence-electron chi connectivity index (χ0n) is 9.46. The standard InChI is InChI=1S/C13H15NO2S/c14-11(8-12-15-5-6-16-12)10-3-1-2-9-4-7-17-13(9)10/h1-4,7,11-12H,5-6,8,14H2. The first kappa shape index (κ1) is 11.2. The minimum atomic E-state index is -0.139. The predicted molar refractivity (Wildman–Crippen MR) is 69.1 cm³/mol. The quantitative estimate of drug-likeness (QED) is 0.909. The summed E-state index contributed by atoms with van der Waals surface area (Å²) in [5.74, 6) is 0. The van der Waals surface area contributed by atoms with E-state index >= 15 is 0 Å². The Morgan fingerprint density at radius 3 is 2.94 bits per heavy atom. The third-order valence-corrected chi connectivity index (χ3v) is 4.03. The molecule has 2 aromatic rings. The minimum Gasteiger partial charge on any atom is -0.350 e. The normalized spacial score (nSPS) is 18.9. The van der Waals surface area contributed by atoms with Crippen LogP contribution in [0.3, 0.4) is 0 Å². The lowest BCUT2D eigenvalue weighted by Gasteiger charge is -2.16. The third-order valence-electron chi connectivity index (χ3n) is 3.05. The Hall–Kier alpha value is -0.940. The van der Waals surface area contributed by atoms with Crippen LogP contribution in [0.1, 0.15) is 18.0 Å². The number of fused-ring (bicyclic) bond motifs is 1. The molecule has 3 rings (SSSR count). The van der Waals surface area contributed by atoms with Gasteiger partial charge in [0.1, 0.15) is 0 Å². The van der Waals surface area contributed by atoms with E-state index in [1.165, 1.54) is 15.6 Å². The molecule has 90 valence electrons. The van der Waals surface area contributed by atoms with Crippen LogP contribution in [0.15, 0.2) is 29.6 Å². The van der Waals surface area contributed by atoms with E-state index < -0.39 is 0 Å². The summed E-state index contributed by atoms with van der Waals surface area (Å²) in [5, 5.41) is 3.36. The summed E-state index contributed by atoms with van der Waals surface area (Å²) in [6, 6.07) is 8.36. The summed E-state index contributed by atoms with van der Waals surface area (Å²) in [7, 11) is 0. The van der Waals surface area contributed by atoms with Gasteiger partial charge in [-0.05, 0) is 22.4 Å². The van der Waals surface area contributed by atoms with Gasteiger partial charge in [-0.25, -0.2) is 0 Å². The van der Waals surface area contributed by atoms with Crippen LogP contribution in [-0.4, -0.2) is 19.5 Å². The van der Waals surface area contributed by atoms with Crippen molar-refractivity contribution in [3.63, 3.8) is 0 Å². The van der Waals surface area contributed by atoms with Gasteiger partial charge in [0, 0.05) is 17.2 Å². The Balaban J connectivity index is 1.84. The molecule has 3 nitrogen and oxygen atoms in total. The van der Waals surface area contributed by atoms with Crippen molar-refractivity contribution >= 4 is 21.4 Å². The van der Waals surface area contributed by atoms with Gasteiger partial charge in [-0.1, -0.05) is 18.2 Å². The zero-order chi connectivity index (χ0) is 11.7. The van der Waals surface area contributed by atoms with Gasteiger partial charge in [0.2, 0.25) is 0 Å². The van der Waals surface area contributed by atoms with Crippen LogP contribution in [0, 0.1) is 0 Å². The van der Waals surface area contributed by atoms with Crippen molar-refractivity contribution in [3.8, 4) is 0 Å². The predicted octanol–water partition coefficient (Wildman–Crippen LogP) is 2.66. The summed E-state index contributed by atoms with van der Waals surface area (Å²) in [5.41, 5.74) is 7.44. The van der Waals surface area contributed by atoms with Crippen molar-refractivity contribution in [3.05, 3.63) is 35.2 Å². The van der Waals surface area contributed by atoms with E-state index in [4.69, 9.17) is 15.2 Å². The molecular weight excluding hydrogens is 234 g/mol. The molecule has 0 radical (unpaired) electrons. The fourth-order valence-corrected chi connectivity index (χ4v) is 3.16. The summed E-state index contributed by atoms with van der Waals surface area (Å²) >= 11 is 1.74. The summed E-state index contributed by atoms with van der Waals surface area (Å²) in [6.45, 7) is 1.36. The molecule has 0 saturated carbocycles. The smallest absolute Gasteiger partial charge is 0.159 e. The van der Waals surface area contributed by atoms with Gasteiger partial charge in [0.15, 0.2) is 6.29 Å². The molecule has 0 spiro atoms. The third kappa shape index (κ3) is 2.21. The van der Waals surface area contributed by atoms with Gasteiger partial charge in [0.05, 0.1) is 13.2 Å². The number of thiophene rings is 1. The van der Waals surface area contributed by atoms with Crippen LogP contribution < -0.4 is 5.73 Å². The first-order valence-corrected chi connectivity index (χ1v) is 6.67. The topological polar surface area (TPSA) is 44.5 Å². The molecule has 1 aromatic carbocycles. The van der Waals surface area contributed by atoms with Crippen LogP contribution in [0.4, 0.5) is 0 Å². The SMILES string of the molecule is NC(CC1OCCO1)c1cccc2ccsc12. The molecular formula is C13H15NO2S. The number of rotatable bonds is 3. The molecule has 1 aromatic heterocycles. The second-order valence-corrected chi connectivity index (χ2v) is 5.12. The Morgan fingerprint density at radius 1 is 1.29 bits per heavy atom. The van der Waals surface area contributed by atoms with E-state index in [-0.39, 0.29) is 12.3 Å². The highest BCUT2D eigenvalue weighted by molar-refractivity contribution is 7.17. The van der Waals surface area contributed by atoms with Crippen molar-refractivity contribution in [1.29, 1.82) is 0 Å². The van der Waals surface area contributed by atoms with Gasteiger partial charge in [-0.3, -0.25) is 0 Å². The number of hydrogen-bond acceptors (Lipinski definition) is 4. The number of ether oxygens (including phenoxy) is 2. The van der Waals surface area contributed by atoms with Crippen LogP contribution in [0.25, 0.3) is 10.1 Å². The van der Waals surface area contributed by atoms with Gasteiger partial charge >= 0.3 is 0 Å². The van der Waals surface area contributed by atoms with Crippen LogP contribution in [-0.2, 0) is 9.47 Å². The molecule has 4 heteroatoms. The van der Waals surface area contributed by atoms with Crippen LogP contribution in [0.5, 0.6) is 0 Å². The molecule has 1 atom stereocenters. The van der Waals surface area contributed by atoms with E-state index in [1.807, 2.05) is 0 Å². The lowest BCUT2D eigenvalue weighted by atomic mass is 10.0.